The molecule has 0 aliphatic carbocycles. The first-order valence-corrected chi connectivity index (χ1v) is 11.4. The van der Waals surface area contributed by atoms with Gasteiger partial charge in [0.15, 0.2) is 0 Å². The van der Waals surface area contributed by atoms with E-state index in [9.17, 15) is 9.59 Å². The fourth-order valence-electron chi connectivity index (χ4n) is 3.25. The highest BCUT2D eigenvalue weighted by Crippen LogP contribution is 2.28. The summed E-state index contributed by atoms with van der Waals surface area (Å²) >= 11 is 1.25. The van der Waals surface area contributed by atoms with Crippen LogP contribution >= 0.6 is 11.8 Å². The number of pyridine rings is 1. The minimum atomic E-state index is -0.288. The highest BCUT2D eigenvalue weighted by atomic mass is 32.2. The molecular weight excluding hydrogens is 422 g/mol. The molecule has 1 heterocycles. The molecule has 6 nitrogen and oxygen atoms in total. The van der Waals surface area contributed by atoms with Crippen molar-refractivity contribution in [1.82, 2.24) is 4.98 Å². The van der Waals surface area contributed by atoms with E-state index in [2.05, 4.69) is 15.6 Å². The fourth-order valence-corrected chi connectivity index (χ4v) is 4.20. The molecule has 2 N–H and O–H groups in total. The first kappa shape index (κ1) is 23.3. The van der Waals surface area contributed by atoms with Crippen LogP contribution in [0, 0.1) is 20.8 Å². The summed E-state index contributed by atoms with van der Waals surface area (Å²) in [5, 5.41) is 6.37. The zero-order valence-electron chi connectivity index (χ0n) is 18.7. The number of nitrogens with one attached hydrogen (secondary N) is 2. The monoisotopic (exact) mass is 449 g/mol. The second kappa shape index (κ2) is 10.8. The number of hydrogen-bond donors (Lipinski definition) is 2. The van der Waals surface area contributed by atoms with Crippen LogP contribution in [-0.4, -0.2) is 29.2 Å². The van der Waals surface area contributed by atoms with Crippen LogP contribution in [0.1, 0.15) is 34.1 Å². The van der Waals surface area contributed by atoms with Crippen molar-refractivity contribution in [1.29, 1.82) is 0 Å². The maximum atomic E-state index is 13.2. The molecular formula is C25H27N3O3S. The number of aryl methyl sites for hydroxylation is 3. The number of para-hydroxylation sites is 3. The van der Waals surface area contributed by atoms with Crippen molar-refractivity contribution >= 4 is 35.0 Å². The van der Waals surface area contributed by atoms with Gasteiger partial charge in [0.25, 0.3) is 5.91 Å². The van der Waals surface area contributed by atoms with Crippen molar-refractivity contribution in [2.45, 2.75) is 32.7 Å². The third-order valence-electron chi connectivity index (χ3n) is 4.73. The second-order valence-corrected chi connectivity index (χ2v) is 8.26. The molecule has 0 atom stereocenters. The standard InChI is InChI=1S/C25H27N3O3S/c1-5-31-21-13-9-8-12-20(21)28-24(30)23-17(3)14-18(4)26-25(23)32-15-22(29)27-19-11-7-6-10-16(19)2/h6-14H,5,15H2,1-4H3,(H,27,29)(H,28,30). The number of carbonyl (C=O) groups excluding carboxylic acids is 2. The second-order valence-electron chi connectivity index (χ2n) is 7.30. The average molecular weight is 450 g/mol. The fraction of sp³-hybridized carbons (Fsp3) is 0.240. The Morgan fingerprint density at radius 2 is 1.62 bits per heavy atom. The summed E-state index contributed by atoms with van der Waals surface area (Å²) < 4.78 is 5.61. The molecule has 0 aliphatic rings. The van der Waals surface area contributed by atoms with Crippen molar-refractivity contribution in [2.24, 2.45) is 0 Å². The van der Waals surface area contributed by atoms with Gasteiger partial charge in [-0.25, -0.2) is 4.98 Å². The highest BCUT2D eigenvalue weighted by Gasteiger charge is 2.20. The molecule has 3 rings (SSSR count). The van der Waals surface area contributed by atoms with Crippen LogP contribution < -0.4 is 15.4 Å². The Kier molecular flexibility index (Phi) is 7.89. The lowest BCUT2D eigenvalue weighted by molar-refractivity contribution is -0.113. The van der Waals surface area contributed by atoms with Gasteiger partial charge in [-0.2, -0.15) is 0 Å². The van der Waals surface area contributed by atoms with Gasteiger partial charge >= 0.3 is 0 Å². The van der Waals surface area contributed by atoms with Gasteiger partial charge in [-0.3, -0.25) is 9.59 Å². The lowest BCUT2D eigenvalue weighted by atomic mass is 10.1. The number of anilines is 2. The van der Waals surface area contributed by atoms with Gasteiger partial charge < -0.3 is 15.4 Å². The van der Waals surface area contributed by atoms with Crippen LogP contribution in [0.3, 0.4) is 0 Å². The molecule has 0 spiro atoms. The van der Waals surface area contributed by atoms with Gasteiger partial charge in [0.1, 0.15) is 10.8 Å². The normalized spacial score (nSPS) is 10.5. The number of rotatable bonds is 8. The Balaban J connectivity index is 1.78. The smallest absolute Gasteiger partial charge is 0.258 e. The summed E-state index contributed by atoms with van der Waals surface area (Å²) in [5.74, 6) is 0.301. The first-order valence-electron chi connectivity index (χ1n) is 10.4. The summed E-state index contributed by atoms with van der Waals surface area (Å²) in [4.78, 5) is 30.2. The van der Waals surface area contributed by atoms with Crippen LogP contribution in [0.4, 0.5) is 11.4 Å². The summed E-state index contributed by atoms with van der Waals surface area (Å²) in [6.07, 6.45) is 0. The topological polar surface area (TPSA) is 80.3 Å². The minimum absolute atomic E-state index is 0.139. The van der Waals surface area contributed by atoms with E-state index in [4.69, 9.17) is 4.74 Å². The maximum absolute atomic E-state index is 13.2. The predicted octanol–water partition coefficient (Wildman–Crippen LogP) is 5.39. The largest absolute Gasteiger partial charge is 0.492 e. The molecule has 0 saturated heterocycles. The molecule has 0 aliphatic heterocycles. The number of amides is 2. The summed E-state index contributed by atoms with van der Waals surface area (Å²) in [6.45, 7) is 8.07. The van der Waals surface area contributed by atoms with E-state index in [1.165, 1.54) is 11.8 Å². The number of thioether (sulfide) groups is 1. The quantitative estimate of drug-likeness (QED) is 0.451. The van der Waals surface area contributed by atoms with Crippen molar-refractivity contribution in [3.05, 3.63) is 77.0 Å². The molecule has 0 unspecified atom stereocenters. The highest BCUT2D eigenvalue weighted by molar-refractivity contribution is 8.00. The van der Waals surface area contributed by atoms with Crippen molar-refractivity contribution in [2.75, 3.05) is 23.0 Å². The first-order chi connectivity index (χ1) is 15.4. The van der Waals surface area contributed by atoms with Crippen LogP contribution in [0.5, 0.6) is 5.75 Å². The van der Waals surface area contributed by atoms with E-state index in [0.717, 1.165) is 22.5 Å². The maximum Gasteiger partial charge on any atom is 0.258 e. The van der Waals surface area contributed by atoms with Crippen molar-refractivity contribution < 1.29 is 14.3 Å². The number of carbonyl (C=O) groups is 2. The number of aromatic nitrogens is 1. The summed E-state index contributed by atoms with van der Waals surface area (Å²) in [6, 6.07) is 16.8. The Labute approximate surface area is 192 Å². The molecule has 0 bridgehead atoms. The molecule has 32 heavy (non-hydrogen) atoms. The lowest BCUT2D eigenvalue weighted by Gasteiger charge is -2.15. The van der Waals surface area contributed by atoms with Crippen molar-refractivity contribution in [3.63, 3.8) is 0 Å². The Morgan fingerprint density at radius 1 is 0.938 bits per heavy atom. The van der Waals surface area contributed by atoms with E-state index in [1.54, 1.807) is 6.07 Å². The SMILES string of the molecule is CCOc1ccccc1NC(=O)c1c(C)cc(C)nc1SCC(=O)Nc1ccccc1C. The number of nitrogens with zero attached hydrogens (tertiary/aromatic N) is 1. The minimum Gasteiger partial charge on any atom is -0.492 e. The van der Waals surface area contributed by atoms with Gasteiger partial charge in [0.05, 0.1) is 23.6 Å². The average Bonchev–Trinajstić information content (AvgIpc) is 2.75. The van der Waals surface area contributed by atoms with Gasteiger partial charge in [0.2, 0.25) is 5.91 Å². The zero-order valence-corrected chi connectivity index (χ0v) is 19.5. The molecule has 0 saturated carbocycles. The third kappa shape index (κ3) is 5.88. The molecule has 2 aromatic carbocycles. The molecule has 2 amide bonds. The zero-order chi connectivity index (χ0) is 23.1. The molecule has 1 aromatic heterocycles. The van der Waals surface area contributed by atoms with Gasteiger partial charge in [-0.1, -0.05) is 42.1 Å². The van der Waals surface area contributed by atoms with E-state index >= 15 is 0 Å². The Bertz CT molecular complexity index is 1130. The Hall–Kier alpha value is -3.32. The van der Waals surface area contributed by atoms with E-state index in [1.807, 2.05) is 76.2 Å². The van der Waals surface area contributed by atoms with Gasteiger partial charge in [0, 0.05) is 11.4 Å². The molecule has 3 aromatic rings. The number of hydrogen-bond acceptors (Lipinski definition) is 5. The molecule has 166 valence electrons. The molecule has 7 heteroatoms. The van der Waals surface area contributed by atoms with Crippen LogP contribution in [0.2, 0.25) is 0 Å². The van der Waals surface area contributed by atoms with E-state index in [-0.39, 0.29) is 17.6 Å². The Morgan fingerprint density at radius 3 is 2.34 bits per heavy atom. The third-order valence-corrected chi connectivity index (χ3v) is 5.71. The lowest BCUT2D eigenvalue weighted by Crippen LogP contribution is -2.18. The molecule has 0 radical (unpaired) electrons. The van der Waals surface area contributed by atoms with E-state index < -0.39 is 0 Å². The van der Waals surface area contributed by atoms with Crippen LogP contribution in [-0.2, 0) is 4.79 Å². The predicted molar refractivity (Wildman–Crippen MR) is 130 cm³/mol. The van der Waals surface area contributed by atoms with Gasteiger partial charge in [-0.05, 0) is 63.1 Å². The number of ether oxygens (including phenoxy) is 1. The number of benzene rings is 2. The van der Waals surface area contributed by atoms with Crippen LogP contribution in [0.15, 0.2) is 59.6 Å². The van der Waals surface area contributed by atoms with Gasteiger partial charge in [-0.15, -0.1) is 0 Å². The summed E-state index contributed by atoms with van der Waals surface area (Å²) in [7, 11) is 0. The van der Waals surface area contributed by atoms with Crippen LogP contribution in [0.25, 0.3) is 0 Å². The molecule has 0 fully saturated rings. The van der Waals surface area contributed by atoms with Crippen molar-refractivity contribution in [3.8, 4) is 5.75 Å². The summed E-state index contributed by atoms with van der Waals surface area (Å²) in [5.41, 5.74) is 4.39. The van der Waals surface area contributed by atoms with E-state index in [0.29, 0.717) is 28.6 Å².